The van der Waals surface area contributed by atoms with E-state index in [1.165, 1.54) is 5.56 Å². The third kappa shape index (κ3) is 2.78. The van der Waals surface area contributed by atoms with Gasteiger partial charge in [0.25, 0.3) is 0 Å². The van der Waals surface area contributed by atoms with E-state index in [0.29, 0.717) is 0 Å². The van der Waals surface area contributed by atoms with E-state index in [-0.39, 0.29) is 20.1 Å². The van der Waals surface area contributed by atoms with Crippen LogP contribution in [0.3, 0.4) is 0 Å². The van der Waals surface area contributed by atoms with Crippen LogP contribution in [0.1, 0.15) is 5.56 Å². The van der Waals surface area contributed by atoms with Gasteiger partial charge in [-0.1, -0.05) is 35.9 Å². The standard InChI is InChI=1S/C8H9.Ir/c1-2-8-6-4-3-5-7-8;/h3-7H,1-2H2;/q-1;. The van der Waals surface area contributed by atoms with Crippen molar-refractivity contribution in [1.82, 2.24) is 0 Å². The zero-order valence-electron chi connectivity index (χ0n) is 5.13. The summed E-state index contributed by atoms with van der Waals surface area (Å²) in [7, 11) is 0. The van der Waals surface area contributed by atoms with Crippen LogP contribution in [0.2, 0.25) is 0 Å². The molecule has 0 amide bonds. The zero-order chi connectivity index (χ0) is 5.82. The van der Waals surface area contributed by atoms with Crippen LogP contribution in [0.25, 0.3) is 0 Å². The fourth-order valence-corrected chi connectivity index (χ4v) is 0.645. The number of rotatable bonds is 1. The molecule has 0 aliphatic rings. The molecule has 9 heavy (non-hydrogen) atoms. The normalized spacial score (nSPS) is 8.11. The van der Waals surface area contributed by atoms with Crippen LogP contribution < -0.4 is 0 Å². The smallest absolute Gasteiger partial charge is 0 e. The van der Waals surface area contributed by atoms with Crippen LogP contribution in [0.5, 0.6) is 0 Å². The molecule has 0 nitrogen and oxygen atoms in total. The van der Waals surface area contributed by atoms with Gasteiger partial charge in [-0.15, -0.1) is 0 Å². The van der Waals surface area contributed by atoms with E-state index in [9.17, 15) is 0 Å². The van der Waals surface area contributed by atoms with Crippen molar-refractivity contribution in [2.24, 2.45) is 0 Å². The third-order valence-electron chi connectivity index (χ3n) is 1.13. The van der Waals surface area contributed by atoms with Gasteiger partial charge >= 0.3 is 0 Å². The number of benzene rings is 1. The van der Waals surface area contributed by atoms with Crippen molar-refractivity contribution in [1.29, 1.82) is 0 Å². The van der Waals surface area contributed by atoms with Gasteiger partial charge in [-0.25, -0.2) is 0 Å². The molecule has 0 heterocycles. The molecule has 0 N–H and O–H groups in total. The van der Waals surface area contributed by atoms with Gasteiger partial charge in [0.2, 0.25) is 0 Å². The van der Waals surface area contributed by atoms with Crippen molar-refractivity contribution >= 4 is 0 Å². The fraction of sp³-hybridized carbons (Fsp3) is 0.125. The summed E-state index contributed by atoms with van der Waals surface area (Å²) < 4.78 is 0. The summed E-state index contributed by atoms with van der Waals surface area (Å²) in [6.45, 7) is 3.76. The van der Waals surface area contributed by atoms with Crippen molar-refractivity contribution < 1.29 is 20.1 Å². The van der Waals surface area contributed by atoms with Gasteiger partial charge in [0, 0.05) is 20.1 Å². The Balaban J connectivity index is 0.000000640. The van der Waals surface area contributed by atoms with Crippen molar-refractivity contribution in [3.8, 4) is 0 Å². The van der Waals surface area contributed by atoms with Crippen LogP contribution in [-0.2, 0) is 26.5 Å². The largest absolute Gasteiger partial charge is 0.339 e. The van der Waals surface area contributed by atoms with Gasteiger partial charge in [-0.05, 0) is 0 Å². The van der Waals surface area contributed by atoms with Crippen LogP contribution in [0, 0.1) is 6.92 Å². The number of hydrogen-bond acceptors (Lipinski definition) is 0. The molecule has 1 radical (unpaired) electrons. The first kappa shape index (κ1) is 8.87. The number of hydrogen-bond donors (Lipinski definition) is 0. The van der Waals surface area contributed by atoms with E-state index in [2.05, 4.69) is 19.1 Å². The van der Waals surface area contributed by atoms with E-state index in [4.69, 9.17) is 0 Å². The van der Waals surface area contributed by atoms with E-state index in [0.717, 1.165) is 6.42 Å². The van der Waals surface area contributed by atoms with E-state index in [1.54, 1.807) is 0 Å². The maximum absolute atomic E-state index is 3.76. The molecule has 0 aliphatic carbocycles. The summed E-state index contributed by atoms with van der Waals surface area (Å²) in [5.41, 5.74) is 1.30. The van der Waals surface area contributed by atoms with E-state index >= 15 is 0 Å². The maximum atomic E-state index is 3.76. The molecule has 51 valence electrons. The minimum absolute atomic E-state index is 0. The Labute approximate surface area is 69.6 Å². The molecule has 0 unspecified atom stereocenters. The average Bonchev–Trinajstić information content (AvgIpc) is 1.90. The molecule has 1 aromatic rings. The first-order chi connectivity index (χ1) is 3.93. The van der Waals surface area contributed by atoms with E-state index in [1.807, 2.05) is 18.2 Å². The summed E-state index contributed by atoms with van der Waals surface area (Å²) >= 11 is 0. The Hall–Kier alpha value is -0.131. The molecule has 0 bridgehead atoms. The third-order valence-corrected chi connectivity index (χ3v) is 1.13. The van der Waals surface area contributed by atoms with Gasteiger partial charge < -0.3 is 6.92 Å². The fourth-order valence-electron chi connectivity index (χ4n) is 0.645. The Morgan fingerprint density at radius 3 is 2.00 bits per heavy atom. The van der Waals surface area contributed by atoms with Gasteiger partial charge in [0.1, 0.15) is 0 Å². The SMILES string of the molecule is [CH2-]Cc1ccccc1.[Ir]. The van der Waals surface area contributed by atoms with E-state index < -0.39 is 0 Å². The van der Waals surface area contributed by atoms with Gasteiger partial charge in [-0.2, -0.15) is 6.42 Å². The molecule has 0 aliphatic heterocycles. The summed E-state index contributed by atoms with van der Waals surface area (Å²) in [4.78, 5) is 0. The molecule has 1 heteroatoms. The van der Waals surface area contributed by atoms with Crippen LogP contribution in [-0.4, -0.2) is 0 Å². The second kappa shape index (κ2) is 4.72. The Bertz CT molecular complexity index is 146. The second-order valence-corrected chi connectivity index (χ2v) is 1.74. The molecule has 0 spiro atoms. The predicted octanol–water partition coefficient (Wildman–Crippen LogP) is 2.06. The molecular formula is C8H9Ir-. The monoisotopic (exact) mass is 298 g/mol. The van der Waals surface area contributed by atoms with Gasteiger partial charge in [0.15, 0.2) is 0 Å². The molecule has 0 atom stereocenters. The molecular weight excluding hydrogens is 288 g/mol. The van der Waals surface area contributed by atoms with Crippen LogP contribution in [0.4, 0.5) is 0 Å². The molecule has 1 aromatic carbocycles. The zero-order valence-corrected chi connectivity index (χ0v) is 7.53. The van der Waals surface area contributed by atoms with Crippen molar-refractivity contribution in [3.05, 3.63) is 42.8 Å². The van der Waals surface area contributed by atoms with Crippen molar-refractivity contribution in [2.75, 3.05) is 0 Å². The van der Waals surface area contributed by atoms with Crippen LogP contribution in [0.15, 0.2) is 30.3 Å². The predicted molar refractivity (Wildman–Crippen MR) is 35.5 cm³/mol. The maximum Gasteiger partial charge on any atom is 0 e. The second-order valence-electron chi connectivity index (χ2n) is 1.74. The Morgan fingerprint density at radius 2 is 1.67 bits per heavy atom. The molecule has 0 saturated carbocycles. The summed E-state index contributed by atoms with van der Waals surface area (Å²) in [5, 5.41) is 0. The Morgan fingerprint density at radius 1 is 1.11 bits per heavy atom. The minimum Gasteiger partial charge on any atom is -0.339 e. The topological polar surface area (TPSA) is 0 Å². The van der Waals surface area contributed by atoms with Gasteiger partial charge in [0.05, 0.1) is 0 Å². The quantitative estimate of drug-likeness (QED) is 0.696. The average molecular weight is 297 g/mol. The molecule has 1 rings (SSSR count). The molecule has 0 saturated heterocycles. The van der Waals surface area contributed by atoms with Gasteiger partial charge in [-0.3, -0.25) is 0 Å². The Kier molecular flexibility index (Phi) is 4.65. The van der Waals surface area contributed by atoms with Crippen molar-refractivity contribution in [3.63, 3.8) is 0 Å². The first-order valence-electron chi connectivity index (χ1n) is 2.76. The summed E-state index contributed by atoms with van der Waals surface area (Å²) in [6, 6.07) is 10.2. The minimum atomic E-state index is 0. The first-order valence-corrected chi connectivity index (χ1v) is 2.76. The molecule has 0 fully saturated rings. The van der Waals surface area contributed by atoms with Crippen LogP contribution >= 0.6 is 0 Å². The van der Waals surface area contributed by atoms with Crippen molar-refractivity contribution in [2.45, 2.75) is 6.42 Å². The molecule has 0 aromatic heterocycles. The summed E-state index contributed by atoms with van der Waals surface area (Å²) in [6.07, 6.45) is 0.890. The summed E-state index contributed by atoms with van der Waals surface area (Å²) in [5.74, 6) is 0.